The van der Waals surface area contributed by atoms with Gasteiger partial charge in [0.15, 0.2) is 23.0 Å². The van der Waals surface area contributed by atoms with Crippen LogP contribution in [0.4, 0.5) is 0 Å². The van der Waals surface area contributed by atoms with E-state index in [0.29, 0.717) is 59.0 Å². The van der Waals surface area contributed by atoms with Gasteiger partial charge >= 0.3 is 5.97 Å². The Kier molecular flexibility index (Phi) is 9.88. The zero-order valence-electron chi connectivity index (χ0n) is 29.8. The Morgan fingerprint density at radius 3 is 2.54 bits per heavy atom. The average molecular weight is 690 g/mol. The van der Waals surface area contributed by atoms with Crippen molar-refractivity contribution >= 4 is 17.8 Å². The lowest BCUT2D eigenvalue weighted by Gasteiger charge is -2.60. The number of fused-ring (bicyclic) bond motifs is 9. The number of carbonyl (C=O) groups excluding carboxylic acids is 3. The van der Waals surface area contributed by atoms with Crippen LogP contribution >= 0.6 is 0 Å². The molecule has 0 spiro atoms. The molecule has 13 nitrogen and oxygen atoms in total. The van der Waals surface area contributed by atoms with Gasteiger partial charge in [-0.05, 0) is 58.2 Å². The highest BCUT2D eigenvalue weighted by molar-refractivity contribution is 5.87. The van der Waals surface area contributed by atoms with Crippen LogP contribution in [0.25, 0.3) is 0 Å². The number of methoxy groups -OCH3 is 1. The van der Waals surface area contributed by atoms with E-state index < -0.39 is 30.1 Å². The van der Waals surface area contributed by atoms with Crippen molar-refractivity contribution in [2.75, 3.05) is 27.5 Å². The second-order valence-electron chi connectivity index (χ2n) is 13.8. The van der Waals surface area contributed by atoms with Crippen molar-refractivity contribution in [2.24, 2.45) is 0 Å². The molecule has 1 fully saturated rings. The monoisotopic (exact) mass is 689 g/mol. The summed E-state index contributed by atoms with van der Waals surface area (Å²) in [6.45, 7) is 8.79. The number of phenolic OH excluding ortho intramolecular Hbond substituents is 1. The molecule has 2 aromatic rings. The molecule has 0 aliphatic carbocycles. The number of nitriles is 1. The number of aryl methyl sites for hydroxylation is 1. The first kappa shape index (κ1) is 35.3. The lowest BCUT2D eigenvalue weighted by Crippen LogP contribution is -2.69. The summed E-state index contributed by atoms with van der Waals surface area (Å²) < 4.78 is 23.5. The molecule has 3 N–H and O–H groups in total. The number of rotatable bonds is 10. The molecular formula is C37H47N5O8. The highest BCUT2D eigenvalue weighted by Gasteiger charge is 2.57. The average Bonchev–Trinajstić information content (AvgIpc) is 3.56. The summed E-state index contributed by atoms with van der Waals surface area (Å²) in [6.07, 6.45) is 3.87. The van der Waals surface area contributed by atoms with E-state index in [0.717, 1.165) is 36.0 Å². The lowest BCUT2D eigenvalue weighted by molar-refractivity contribution is -0.132. The molecule has 268 valence electrons. The number of esters is 1. The molecule has 50 heavy (non-hydrogen) atoms. The standard InChI is InChI=1S/C37H47N5O8/c1-8-9-10-11-28(44)40-20(4)37(46)39-16-27-30-23(34(50-21(5)43)19(3)35-36(30)49-17-48-35)14-25-31-29-22(12-18(2)33(47-7)32(29)45)13-24(41(31)6)26(15-38)42(25)27/h12,20,24-27,31,45H,8-11,13-14,16-17H2,1-7H3,(H,39,46)(H,40,44)/t20-,24-,25?,26-,27-,31-/m0/s1. The summed E-state index contributed by atoms with van der Waals surface area (Å²) in [4.78, 5) is 42.9. The SMILES string of the molecule is CCCCCC(=O)N[C@@H](C)C(=O)NC[C@H]1c2c(c(OC(C)=O)c(C)c3c2OCO3)CC2[C@H]3c4c(cc(C)c(OC)c4O)C[C@@H]([C@H](C#N)N21)N3C. The quantitative estimate of drug-likeness (QED) is 0.190. The normalized spacial score (nSPS) is 23.8. The molecule has 0 radical (unpaired) electrons. The largest absolute Gasteiger partial charge is 0.504 e. The third kappa shape index (κ3) is 5.88. The Balaban J connectivity index is 1.47. The molecule has 13 heteroatoms. The molecule has 2 amide bonds. The predicted molar refractivity (Wildman–Crippen MR) is 182 cm³/mol. The van der Waals surface area contributed by atoms with E-state index in [1.807, 2.05) is 27.0 Å². The molecule has 4 heterocycles. The third-order valence-electron chi connectivity index (χ3n) is 10.8. The number of piperazine rings is 1. The number of phenols is 1. The highest BCUT2D eigenvalue weighted by atomic mass is 16.7. The van der Waals surface area contributed by atoms with Gasteiger partial charge in [0.25, 0.3) is 0 Å². The van der Waals surface area contributed by atoms with Crippen molar-refractivity contribution in [1.82, 2.24) is 20.4 Å². The number of benzene rings is 2. The molecular weight excluding hydrogens is 642 g/mol. The Morgan fingerprint density at radius 2 is 1.86 bits per heavy atom. The van der Waals surface area contributed by atoms with Crippen LogP contribution in [0.2, 0.25) is 0 Å². The summed E-state index contributed by atoms with van der Waals surface area (Å²) in [6, 6.07) is 1.55. The van der Waals surface area contributed by atoms with Crippen molar-refractivity contribution in [3.63, 3.8) is 0 Å². The van der Waals surface area contributed by atoms with E-state index in [-0.39, 0.29) is 43.0 Å². The number of hydrogen-bond acceptors (Lipinski definition) is 11. The minimum Gasteiger partial charge on any atom is -0.504 e. The fourth-order valence-electron chi connectivity index (χ4n) is 8.58. The van der Waals surface area contributed by atoms with E-state index in [2.05, 4.69) is 33.4 Å². The summed E-state index contributed by atoms with van der Waals surface area (Å²) in [5, 5.41) is 28.4. The topological polar surface area (TPSA) is 163 Å². The zero-order chi connectivity index (χ0) is 36.0. The molecule has 1 saturated heterocycles. The van der Waals surface area contributed by atoms with Crippen LogP contribution in [-0.4, -0.2) is 84.4 Å². The number of hydrogen-bond donors (Lipinski definition) is 3. The first-order valence-corrected chi connectivity index (χ1v) is 17.4. The van der Waals surface area contributed by atoms with Gasteiger partial charge in [-0.3, -0.25) is 24.2 Å². The minimum absolute atomic E-state index is 0.0359. The molecule has 4 aliphatic heterocycles. The molecule has 2 aromatic carbocycles. The summed E-state index contributed by atoms with van der Waals surface area (Å²) in [5.41, 5.74) is 4.50. The van der Waals surface area contributed by atoms with Crippen LogP contribution in [-0.2, 0) is 27.2 Å². The molecule has 6 atom stereocenters. The van der Waals surface area contributed by atoms with Gasteiger partial charge in [0.2, 0.25) is 18.6 Å². The fraction of sp³-hybridized carbons (Fsp3) is 0.568. The van der Waals surface area contributed by atoms with Crippen molar-refractivity contribution in [2.45, 2.75) is 109 Å². The van der Waals surface area contributed by atoms with Crippen LogP contribution in [0.15, 0.2) is 6.07 Å². The van der Waals surface area contributed by atoms with E-state index >= 15 is 0 Å². The van der Waals surface area contributed by atoms with Crippen LogP contribution in [0.3, 0.4) is 0 Å². The number of aromatic hydroxyl groups is 1. The van der Waals surface area contributed by atoms with Crippen LogP contribution < -0.4 is 29.6 Å². The summed E-state index contributed by atoms with van der Waals surface area (Å²) in [5.74, 6) is 0.712. The second-order valence-corrected chi connectivity index (χ2v) is 13.8. The second kappa shape index (κ2) is 14.0. The molecule has 2 bridgehead atoms. The Labute approximate surface area is 292 Å². The summed E-state index contributed by atoms with van der Waals surface area (Å²) >= 11 is 0. The predicted octanol–water partition coefficient (Wildman–Crippen LogP) is 3.64. The number of nitrogens with one attached hydrogen (secondary N) is 2. The van der Waals surface area contributed by atoms with Gasteiger partial charge in [-0.15, -0.1) is 0 Å². The maximum Gasteiger partial charge on any atom is 0.308 e. The highest BCUT2D eigenvalue weighted by Crippen LogP contribution is 2.58. The van der Waals surface area contributed by atoms with Crippen LogP contribution in [0, 0.1) is 25.2 Å². The first-order valence-electron chi connectivity index (χ1n) is 17.4. The minimum atomic E-state index is -0.791. The van der Waals surface area contributed by atoms with Crippen molar-refractivity contribution in [3.8, 4) is 34.8 Å². The number of likely N-dealkylation sites (N-methyl/N-ethyl adjacent to an activating group) is 1. The number of unbranched alkanes of at least 4 members (excludes halogenated alkanes) is 2. The van der Waals surface area contributed by atoms with Crippen molar-refractivity contribution < 1.29 is 38.4 Å². The molecule has 6 rings (SSSR count). The van der Waals surface area contributed by atoms with E-state index in [1.54, 1.807) is 6.92 Å². The Hall–Kier alpha value is -4.54. The van der Waals surface area contributed by atoms with Crippen LogP contribution in [0.5, 0.6) is 28.7 Å². The van der Waals surface area contributed by atoms with Crippen LogP contribution in [0.1, 0.15) is 91.9 Å². The number of carbonyl (C=O) groups is 3. The van der Waals surface area contributed by atoms with Crippen molar-refractivity contribution in [3.05, 3.63) is 39.4 Å². The Bertz CT molecular complexity index is 1750. The van der Waals surface area contributed by atoms with Gasteiger partial charge in [-0.1, -0.05) is 25.8 Å². The third-order valence-corrected chi connectivity index (χ3v) is 10.8. The van der Waals surface area contributed by atoms with Gasteiger partial charge in [0, 0.05) is 54.2 Å². The molecule has 0 aromatic heterocycles. The molecule has 0 saturated carbocycles. The smallest absolute Gasteiger partial charge is 0.308 e. The zero-order valence-corrected chi connectivity index (χ0v) is 29.8. The van der Waals surface area contributed by atoms with Gasteiger partial charge in [-0.25, -0.2) is 0 Å². The molecule has 1 unspecified atom stereocenters. The number of ether oxygens (including phenoxy) is 4. The van der Waals surface area contributed by atoms with Crippen molar-refractivity contribution in [1.29, 1.82) is 5.26 Å². The first-order chi connectivity index (χ1) is 23.9. The lowest BCUT2D eigenvalue weighted by atomic mass is 9.71. The maximum atomic E-state index is 13.5. The van der Waals surface area contributed by atoms with Gasteiger partial charge < -0.3 is 34.7 Å². The van der Waals surface area contributed by atoms with E-state index in [9.17, 15) is 24.8 Å². The van der Waals surface area contributed by atoms with Gasteiger partial charge in [0.05, 0.1) is 25.3 Å². The Morgan fingerprint density at radius 1 is 1.12 bits per heavy atom. The van der Waals surface area contributed by atoms with Gasteiger partial charge in [0.1, 0.15) is 17.8 Å². The van der Waals surface area contributed by atoms with Gasteiger partial charge in [-0.2, -0.15) is 5.26 Å². The number of nitrogens with zero attached hydrogens (tertiary/aromatic N) is 3. The maximum absolute atomic E-state index is 13.5. The molecule has 4 aliphatic rings. The van der Waals surface area contributed by atoms with E-state index in [4.69, 9.17) is 18.9 Å². The summed E-state index contributed by atoms with van der Waals surface area (Å²) in [7, 11) is 3.50. The fourth-order valence-corrected chi connectivity index (χ4v) is 8.58. The number of amides is 2. The van der Waals surface area contributed by atoms with E-state index in [1.165, 1.54) is 14.0 Å².